The Kier molecular flexibility index (Phi) is 7.67. The fourth-order valence-corrected chi connectivity index (χ4v) is 5.80. The Balaban J connectivity index is 1.31. The lowest BCUT2D eigenvalue weighted by Crippen LogP contribution is -2.44. The number of fused-ring (bicyclic) bond motifs is 2. The zero-order chi connectivity index (χ0) is 27.7. The van der Waals surface area contributed by atoms with E-state index in [9.17, 15) is 19.5 Å². The topological polar surface area (TPSA) is 133 Å². The molecule has 39 heavy (non-hydrogen) atoms. The molecule has 10 nitrogen and oxygen atoms in total. The van der Waals surface area contributed by atoms with E-state index >= 15 is 0 Å². The van der Waals surface area contributed by atoms with Gasteiger partial charge in [-0.1, -0.05) is 29.3 Å². The summed E-state index contributed by atoms with van der Waals surface area (Å²) < 4.78 is 1.89. The summed E-state index contributed by atoms with van der Waals surface area (Å²) in [5, 5.41) is 12.4. The van der Waals surface area contributed by atoms with Crippen LogP contribution in [-0.4, -0.2) is 75.3 Å². The van der Waals surface area contributed by atoms with Gasteiger partial charge in [0.1, 0.15) is 6.04 Å². The predicted octanol–water partition coefficient (Wildman–Crippen LogP) is 3.04. The number of carboxylic acids is 1. The predicted molar refractivity (Wildman–Crippen MR) is 148 cm³/mol. The molecule has 0 saturated carbocycles. The number of likely N-dealkylation sites (tertiary alicyclic amines) is 1. The number of hydrogen-bond donors (Lipinski definition) is 3. The van der Waals surface area contributed by atoms with E-state index in [4.69, 9.17) is 28.9 Å². The van der Waals surface area contributed by atoms with Crippen LogP contribution in [0.2, 0.25) is 10.0 Å². The summed E-state index contributed by atoms with van der Waals surface area (Å²) in [4.78, 5) is 45.9. The van der Waals surface area contributed by atoms with Crippen LogP contribution in [0.1, 0.15) is 44.7 Å². The van der Waals surface area contributed by atoms with Crippen LogP contribution in [0.4, 0.5) is 0 Å². The number of aromatic nitrogens is 1. The lowest BCUT2D eigenvalue weighted by Gasteiger charge is -2.30. The first kappa shape index (κ1) is 26.8. The molecule has 12 heteroatoms. The summed E-state index contributed by atoms with van der Waals surface area (Å²) in [7, 11) is 0. The van der Waals surface area contributed by atoms with Crippen LogP contribution in [-0.2, 0) is 17.8 Å². The number of nitrogens with two attached hydrogens (primary N) is 1. The summed E-state index contributed by atoms with van der Waals surface area (Å²) in [6.07, 6.45) is 6.10. The third kappa shape index (κ3) is 5.53. The number of aliphatic imine (C=N–C) groups is 1. The molecule has 1 atom stereocenters. The molecule has 0 bridgehead atoms. The number of pyridine rings is 1. The van der Waals surface area contributed by atoms with Gasteiger partial charge in [-0.05, 0) is 54.7 Å². The molecule has 3 aromatic rings. The number of carbonyl (C=O) groups is 3. The maximum atomic E-state index is 13.2. The van der Waals surface area contributed by atoms with Crippen molar-refractivity contribution < 1.29 is 19.5 Å². The molecule has 1 saturated heterocycles. The zero-order valence-electron chi connectivity index (χ0n) is 21.1. The average Bonchev–Trinajstić information content (AvgIpc) is 3.60. The lowest BCUT2D eigenvalue weighted by molar-refractivity contribution is -0.138. The Morgan fingerprint density at radius 2 is 1.87 bits per heavy atom. The number of carbonyl (C=O) groups excluding carboxylic acids is 2. The number of nitrogens with zero attached hydrogens (tertiary/aromatic N) is 4. The third-order valence-corrected chi connectivity index (χ3v) is 7.85. The van der Waals surface area contributed by atoms with Crippen molar-refractivity contribution in [3.8, 4) is 0 Å². The van der Waals surface area contributed by atoms with E-state index in [1.165, 1.54) is 0 Å². The second-order valence-electron chi connectivity index (χ2n) is 9.68. The molecule has 5 rings (SSSR count). The van der Waals surface area contributed by atoms with E-state index in [0.29, 0.717) is 24.1 Å². The third-order valence-electron chi connectivity index (χ3n) is 7.14. The zero-order valence-corrected chi connectivity index (χ0v) is 22.6. The van der Waals surface area contributed by atoms with Crippen LogP contribution in [0.15, 0.2) is 47.7 Å². The van der Waals surface area contributed by atoms with Crippen molar-refractivity contribution in [2.24, 2.45) is 10.7 Å². The van der Waals surface area contributed by atoms with Gasteiger partial charge >= 0.3 is 5.97 Å². The molecule has 4 N–H and O–H groups in total. The van der Waals surface area contributed by atoms with Crippen molar-refractivity contribution in [3.63, 3.8) is 0 Å². The first-order chi connectivity index (χ1) is 18.7. The summed E-state index contributed by atoms with van der Waals surface area (Å²) in [6, 6.07) is 7.88. The molecule has 0 aliphatic carbocycles. The van der Waals surface area contributed by atoms with E-state index in [0.717, 1.165) is 37.0 Å². The largest absolute Gasteiger partial charge is 0.480 e. The number of rotatable bonds is 6. The fourth-order valence-electron chi connectivity index (χ4n) is 5.04. The number of guanidine groups is 1. The minimum Gasteiger partial charge on any atom is -0.480 e. The Labute approximate surface area is 235 Å². The Morgan fingerprint density at radius 1 is 1.10 bits per heavy atom. The highest BCUT2D eigenvalue weighted by molar-refractivity contribution is 6.40. The number of aliphatic carboxylic acids is 1. The van der Waals surface area contributed by atoms with Gasteiger partial charge in [-0.2, -0.15) is 0 Å². The van der Waals surface area contributed by atoms with E-state index in [1.807, 2.05) is 39.8 Å². The Hall–Kier alpha value is -3.76. The van der Waals surface area contributed by atoms with Crippen LogP contribution < -0.4 is 11.1 Å². The van der Waals surface area contributed by atoms with Crippen LogP contribution in [0.3, 0.4) is 0 Å². The van der Waals surface area contributed by atoms with Crippen LogP contribution in [0.25, 0.3) is 5.52 Å². The molecule has 2 aromatic heterocycles. The smallest absolute Gasteiger partial charge is 0.328 e. The van der Waals surface area contributed by atoms with Crippen LogP contribution in [0, 0.1) is 0 Å². The molecule has 0 radical (unpaired) electrons. The first-order valence-corrected chi connectivity index (χ1v) is 13.4. The van der Waals surface area contributed by atoms with Gasteiger partial charge in [0, 0.05) is 44.1 Å². The second kappa shape index (κ2) is 11.2. The average molecular weight is 571 g/mol. The van der Waals surface area contributed by atoms with Crippen molar-refractivity contribution in [2.45, 2.75) is 31.8 Å². The minimum absolute atomic E-state index is 0.00158. The fraction of sp³-hybridized carbons (Fsp3) is 0.333. The Morgan fingerprint density at radius 3 is 2.59 bits per heavy atom. The molecular formula is C27H28Cl2N6O4. The van der Waals surface area contributed by atoms with E-state index in [1.54, 1.807) is 17.2 Å². The molecule has 0 unspecified atom stereocenters. The molecule has 2 amide bonds. The highest BCUT2D eigenvalue weighted by Crippen LogP contribution is 2.35. The van der Waals surface area contributed by atoms with Crippen molar-refractivity contribution >= 4 is 52.5 Å². The first-order valence-electron chi connectivity index (χ1n) is 12.7. The number of halogens is 2. The molecule has 2 aliphatic rings. The minimum atomic E-state index is -1.31. The quantitative estimate of drug-likeness (QED) is 0.308. The van der Waals surface area contributed by atoms with Gasteiger partial charge in [-0.3, -0.25) is 14.6 Å². The van der Waals surface area contributed by atoms with Crippen molar-refractivity contribution in [3.05, 3.63) is 75.0 Å². The van der Waals surface area contributed by atoms with Crippen LogP contribution >= 0.6 is 23.2 Å². The number of nitrogens with one attached hydrogen (secondary N) is 1. The summed E-state index contributed by atoms with van der Waals surface area (Å²) in [5.74, 6) is -1.82. The second-order valence-corrected chi connectivity index (χ2v) is 10.5. The number of carboxylic acid groups (broad SMARTS) is 1. The monoisotopic (exact) mass is 570 g/mol. The number of benzene rings is 1. The standard InChI is InChI=1S/C27H28Cl2N6O4/c28-20-12-16-14-35(25(37)17-11-18-5-1-2-9-34(18)15-17)10-6-19(16)23(29)22(20)24(36)32-21(26(38)39)13-31-27(30)33-7-3-4-8-33/h1-2,5,9,11-12,15,21H,3-4,6-8,10,13-14H2,(H2,30,31)(H,32,36)(H,38,39)/t21-/m0/s1. The molecule has 0 spiro atoms. The van der Waals surface area contributed by atoms with Crippen LogP contribution in [0.5, 0.6) is 0 Å². The van der Waals surface area contributed by atoms with Gasteiger partial charge < -0.3 is 30.4 Å². The van der Waals surface area contributed by atoms with E-state index < -0.39 is 17.9 Å². The molecule has 2 aliphatic heterocycles. The summed E-state index contributed by atoms with van der Waals surface area (Å²) in [6.45, 7) is 2.00. The highest BCUT2D eigenvalue weighted by atomic mass is 35.5. The molecule has 1 aromatic carbocycles. The van der Waals surface area contributed by atoms with Crippen molar-refractivity contribution in [1.29, 1.82) is 0 Å². The van der Waals surface area contributed by atoms with Gasteiger partial charge in [0.05, 0.1) is 27.7 Å². The maximum Gasteiger partial charge on any atom is 0.328 e. The highest BCUT2D eigenvalue weighted by Gasteiger charge is 2.30. The van der Waals surface area contributed by atoms with E-state index in [2.05, 4.69) is 10.3 Å². The maximum absolute atomic E-state index is 13.2. The molecular weight excluding hydrogens is 543 g/mol. The SMILES string of the molecule is NC(=NC[C@H](NC(=O)c1c(Cl)cc2c(c1Cl)CCN(C(=O)c1cc3ccccn3c1)C2)C(=O)O)N1CCCC1. The van der Waals surface area contributed by atoms with Gasteiger partial charge in [0.2, 0.25) is 0 Å². The molecule has 1 fully saturated rings. The molecule has 204 valence electrons. The number of amides is 2. The summed E-state index contributed by atoms with van der Waals surface area (Å²) >= 11 is 13.1. The van der Waals surface area contributed by atoms with Gasteiger partial charge in [-0.15, -0.1) is 0 Å². The van der Waals surface area contributed by atoms with Gasteiger partial charge in [0.15, 0.2) is 5.96 Å². The normalized spacial score (nSPS) is 16.3. The summed E-state index contributed by atoms with van der Waals surface area (Å²) in [5.41, 5.74) is 8.92. The van der Waals surface area contributed by atoms with Crippen molar-refractivity contribution in [1.82, 2.24) is 19.5 Å². The lowest BCUT2D eigenvalue weighted by atomic mass is 9.96. The Bertz CT molecular complexity index is 1450. The molecule has 4 heterocycles. The number of hydrogen-bond acceptors (Lipinski definition) is 4. The van der Waals surface area contributed by atoms with Gasteiger partial charge in [0.25, 0.3) is 11.8 Å². The van der Waals surface area contributed by atoms with E-state index in [-0.39, 0.29) is 40.6 Å². The van der Waals surface area contributed by atoms with Gasteiger partial charge in [-0.25, -0.2) is 4.79 Å². The van der Waals surface area contributed by atoms with Crippen molar-refractivity contribution in [2.75, 3.05) is 26.2 Å².